The Bertz CT molecular complexity index is 977. The van der Waals surface area contributed by atoms with Crippen LogP contribution in [0, 0.1) is 19.8 Å². The van der Waals surface area contributed by atoms with Crippen molar-refractivity contribution in [2.24, 2.45) is 0 Å². The highest BCUT2D eigenvalue weighted by Crippen LogP contribution is 2.34. The van der Waals surface area contributed by atoms with Crippen molar-refractivity contribution in [3.63, 3.8) is 0 Å². The zero-order valence-electron chi connectivity index (χ0n) is 15.1. The van der Waals surface area contributed by atoms with E-state index in [1.165, 1.54) is 11.1 Å². The minimum atomic E-state index is -0.416. The summed E-state index contributed by atoms with van der Waals surface area (Å²) in [5.74, 6) is 0.322. The summed E-state index contributed by atoms with van der Waals surface area (Å²) in [5.41, 5.74) is 5.93. The Kier molecular flexibility index (Phi) is 5.05. The van der Waals surface area contributed by atoms with Gasteiger partial charge < -0.3 is 9.47 Å². The second-order valence-electron chi connectivity index (χ2n) is 6.71. The van der Waals surface area contributed by atoms with E-state index in [9.17, 15) is 4.39 Å². The third kappa shape index (κ3) is 2.88. The number of hydrogen-bond acceptors (Lipinski definition) is 2. The van der Waals surface area contributed by atoms with Crippen molar-refractivity contribution < 1.29 is 4.39 Å². The molecule has 3 aromatic rings. The van der Waals surface area contributed by atoms with E-state index in [0.717, 1.165) is 47.5 Å². The SMILES string of the molecule is C=CCn1c(C)c(C)c2cc(F)nc(N3CCc4ccccc4C3)c21.Cl. The van der Waals surface area contributed by atoms with Crippen LogP contribution in [0.3, 0.4) is 0 Å². The summed E-state index contributed by atoms with van der Waals surface area (Å²) >= 11 is 0. The Morgan fingerprint density at radius 3 is 2.69 bits per heavy atom. The first kappa shape index (κ1) is 18.5. The van der Waals surface area contributed by atoms with Crippen molar-refractivity contribution >= 4 is 29.1 Å². The highest BCUT2D eigenvalue weighted by atomic mass is 35.5. The molecule has 1 aliphatic heterocycles. The number of aryl methyl sites for hydroxylation is 1. The number of fused-ring (bicyclic) bond motifs is 2. The summed E-state index contributed by atoms with van der Waals surface area (Å²) in [4.78, 5) is 6.50. The molecule has 0 fully saturated rings. The number of rotatable bonds is 3. The molecule has 5 heteroatoms. The number of nitrogens with zero attached hydrogens (tertiary/aromatic N) is 3. The first-order chi connectivity index (χ1) is 12.1. The summed E-state index contributed by atoms with van der Waals surface area (Å²) in [6.45, 7) is 10.3. The Balaban J connectivity index is 0.00000196. The van der Waals surface area contributed by atoms with E-state index in [1.807, 2.05) is 13.0 Å². The fourth-order valence-corrected chi connectivity index (χ4v) is 3.87. The first-order valence-electron chi connectivity index (χ1n) is 8.68. The lowest BCUT2D eigenvalue weighted by molar-refractivity contribution is 0.580. The van der Waals surface area contributed by atoms with Gasteiger partial charge in [0.05, 0.1) is 5.52 Å². The smallest absolute Gasteiger partial charge is 0.215 e. The monoisotopic (exact) mass is 371 g/mol. The quantitative estimate of drug-likeness (QED) is 0.479. The molecule has 26 heavy (non-hydrogen) atoms. The zero-order chi connectivity index (χ0) is 17.6. The van der Waals surface area contributed by atoms with Crippen LogP contribution in [0.5, 0.6) is 0 Å². The molecule has 0 N–H and O–H groups in total. The normalized spacial score (nSPS) is 13.4. The second kappa shape index (κ2) is 7.12. The number of halogens is 2. The van der Waals surface area contributed by atoms with Crippen LogP contribution in [0.4, 0.5) is 10.2 Å². The zero-order valence-corrected chi connectivity index (χ0v) is 15.9. The van der Waals surface area contributed by atoms with Crippen molar-refractivity contribution in [3.05, 3.63) is 71.3 Å². The highest BCUT2D eigenvalue weighted by molar-refractivity contribution is 5.93. The Morgan fingerprint density at radius 1 is 1.23 bits per heavy atom. The molecule has 0 saturated heterocycles. The van der Waals surface area contributed by atoms with Gasteiger partial charge in [-0.2, -0.15) is 4.39 Å². The third-order valence-electron chi connectivity index (χ3n) is 5.31. The summed E-state index contributed by atoms with van der Waals surface area (Å²) in [5, 5.41) is 0.945. The fraction of sp³-hybridized carbons (Fsp3) is 0.286. The number of aromatic nitrogens is 2. The van der Waals surface area contributed by atoms with Gasteiger partial charge in [-0.05, 0) is 37.0 Å². The predicted octanol–water partition coefficient (Wildman–Crippen LogP) is 4.96. The lowest BCUT2D eigenvalue weighted by Gasteiger charge is -2.30. The van der Waals surface area contributed by atoms with E-state index in [4.69, 9.17) is 0 Å². The van der Waals surface area contributed by atoms with Gasteiger partial charge in [0.1, 0.15) is 0 Å². The first-order valence-corrected chi connectivity index (χ1v) is 8.68. The molecule has 136 valence electrons. The maximum Gasteiger partial charge on any atom is 0.215 e. The molecular formula is C21H23ClFN3. The lowest BCUT2D eigenvalue weighted by atomic mass is 10.00. The second-order valence-corrected chi connectivity index (χ2v) is 6.71. The molecule has 3 heterocycles. The van der Waals surface area contributed by atoms with Gasteiger partial charge in [0, 0.05) is 36.8 Å². The van der Waals surface area contributed by atoms with Gasteiger partial charge >= 0.3 is 0 Å². The Labute approximate surface area is 159 Å². The van der Waals surface area contributed by atoms with Crippen LogP contribution in [-0.2, 0) is 19.5 Å². The maximum atomic E-state index is 14.3. The van der Waals surface area contributed by atoms with Crippen molar-refractivity contribution in [3.8, 4) is 0 Å². The molecule has 0 saturated carbocycles. The van der Waals surface area contributed by atoms with Crippen LogP contribution in [-0.4, -0.2) is 16.1 Å². The summed E-state index contributed by atoms with van der Waals surface area (Å²) in [7, 11) is 0. The molecule has 1 aliphatic rings. The van der Waals surface area contributed by atoms with Crippen molar-refractivity contribution in [1.82, 2.24) is 9.55 Å². The lowest BCUT2D eigenvalue weighted by Crippen LogP contribution is -2.31. The molecular weight excluding hydrogens is 349 g/mol. The third-order valence-corrected chi connectivity index (χ3v) is 5.31. The number of anilines is 1. The summed E-state index contributed by atoms with van der Waals surface area (Å²) in [6, 6.07) is 10.0. The Hall–Kier alpha value is -2.33. The molecule has 0 atom stereocenters. The van der Waals surface area contributed by atoms with Crippen molar-refractivity contribution in [2.45, 2.75) is 33.4 Å². The van der Waals surface area contributed by atoms with E-state index in [-0.39, 0.29) is 12.4 Å². The number of hydrogen-bond donors (Lipinski definition) is 0. The van der Waals surface area contributed by atoms with Gasteiger partial charge in [-0.3, -0.25) is 0 Å². The minimum absolute atomic E-state index is 0. The predicted molar refractivity (Wildman–Crippen MR) is 108 cm³/mol. The van der Waals surface area contributed by atoms with Crippen LogP contribution in [0.25, 0.3) is 10.9 Å². The van der Waals surface area contributed by atoms with Crippen molar-refractivity contribution in [2.75, 3.05) is 11.4 Å². The Morgan fingerprint density at radius 2 is 1.96 bits per heavy atom. The van der Waals surface area contributed by atoms with Gasteiger partial charge in [-0.25, -0.2) is 4.98 Å². The van der Waals surface area contributed by atoms with Gasteiger partial charge in [0.2, 0.25) is 5.95 Å². The maximum absolute atomic E-state index is 14.3. The van der Waals surface area contributed by atoms with E-state index < -0.39 is 5.95 Å². The van der Waals surface area contributed by atoms with E-state index in [2.05, 4.69) is 52.2 Å². The van der Waals surface area contributed by atoms with E-state index in [0.29, 0.717) is 6.54 Å². The van der Waals surface area contributed by atoms with Crippen LogP contribution in [0.1, 0.15) is 22.4 Å². The van der Waals surface area contributed by atoms with Crippen LogP contribution in [0.2, 0.25) is 0 Å². The average molecular weight is 372 g/mol. The van der Waals surface area contributed by atoms with E-state index >= 15 is 0 Å². The molecule has 2 aromatic heterocycles. The van der Waals surface area contributed by atoms with E-state index in [1.54, 1.807) is 6.07 Å². The van der Waals surface area contributed by atoms with Gasteiger partial charge in [0.15, 0.2) is 5.82 Å². The fourth-order valence-electron chi connectivity index (χ4n) is 3.87. The average Bonchev–Trinajstić information content (AvgIpc) is 2.86. The molecule has 0 aliphatic carbocycles. The van der Waals surface area contributed by atoms with Crippen LogP contribution >= 0.6 is 12.4 Å². The van der Waals surface area contributed by atoms with Crippen LogP contribution < -0.4 is 4.90 Å². The van der Waals surface area contributed by atoms with Crippen LogP contribution in [0.15, 0.2) is 43.0 Å². The minimum Gasteiger partial charge on any atom is -0.350 e. The number of allylic oxidation sites excluding steroid dienone is 1. The summed E-state index contributed by atoms with van der Waals surface area (Å²) in [6.07, 6.45) is 2.83. The molecule has 1 aromatic carbocycles. The molecule has 0 amide bonds. The molecule has 0 spiro atoms. The standard InChI is InChI=1S/C21H22FN3.ClH/c1-4-10-25-15(3)14(2)18-12-19(22)23-21(20(18)25)24-11-9-16-7-5-6-8-17(16)13-24;/h4-8,12H,1,9-11,13H2,2-3H3;1H. The van der Waals surface area contributed by atoms with Gasteiger partial charge in [-0.15, -0.1) is 19.0 Å². The molecule has 0 radical (unpaired) electrons. The molecule has 0 unspecified atom stereocenters. The molecule has 0 bridgehead atoms. The van der Waals surface area contributed by atoms with Crippen molar-refractivity contribution in [1.29, 1.82) is 0 Å². The molecule has 4 rings (SSSR count). The highest BCUT2D eigenvalue weighted by Gasteiger charge is 2.23. The summed E-state index contributed by atoms with van der Waals surface area (Å²) < 4.78 is 16.5. The van der Waals surface area contributed by atoms with Gasteiger partial charge in [-0.1, -0.05) is 30.3 Å². The topological polar surface area (TPSA) is 21.1 Å². The van der Waals surface area contributed by atoms with Gasteiger partial charge in [0.25, 0.3) is 0 Å². The largest absolute Gasteiger partial charge is 0.350 e. The molecule has 3 nitrogen and oxygen atoms in total. The number of benzene rings is 1. The number of pyridine rings is 1.